The van der Waals surface area contributed by atoms with E-state index >= 15 is 0 Å². The molecule has 3 rings (SSSR count). The number of amidine groups is 1. The molecule has 1 aliphatic carbocycles. The van der Waals surface area contributed by atoms with Gasteiger partial charge in [0.2, 0.25) is 5.91 Å². The molecule has 0 bridgehead atoms. The maximum atomic E-state index is 13.2. The van der Waals surface area contributed by atoms with E-state index in [1.54, 1.807) is 18.1 Å². The van der Waals surface area contributed by atoms with Gasteiger partial charge >= 0.3 is 0 Å². The quantitative estimate of drug-likeness (QED) is 0.628. The molecule has 2 aliphatic rings. The molecule has 0 saturated heterocycles. The van der Waals surface area contributed by atoms with E-state index in [0.29, 0.717) is 24.5 Å². The van der Waals surface area contributed by atoms with Gasteiger partial charge in [-0.1, -0.05) is 44.2 Å². The van der Waals surface area contributed by atoms with Crippen LogP contribution < -0.4 is 4.74 Å². The van der Waals surface area contributed by atoms with Crippen LogP contribution in [0.5, 0.6) is 5.75 Å². The molecule has 1 aromatic carbocycles. The van der Waals surface area contributed by atoms with Gasteiger partial charge in [-0.3, -0.25) is 9.59 Å². The molecule has 2 amide bonds. The number of methoxy groups -OCH3 is 1. The Morgan fingerprint density at radius 3 is 2.53 bits per heavy atom. The maximum Gasteiger partial charge on any atom is 0.260 e. The van der Waals surface area contributed by atoms with E-state index in [1.807, 2.05) is 56.3 Å². The largest absolute Gasteiger partial charge is 0.497 e. The van der Waals surface area contributed by atoms with Gasteiger partial charge in [0.15, 0.2) is 5.84 Å². The molecule has 0 saturated carbocycles. The normalized spacial score (nSPS) is 17.5. The van der Waals surface area contributed by atoms with Crippen LogP contribution in [0, 0.1) is 11.8 Å². The average Bonchev–Trinajstić information content (AvgIpc) is 2.77. The minimum atomic E-state index is -0.402. The van der Waals surface area contributed by atoms with Crippen LogP contribution in [-0.4, -0.2) is 48.5 Å². The summed E-state index contributed by atoms with van der Waals surface area (Å²) in [6, 6.07) is 7.84. The lowest BCUT2D eigenvalue weighted by Gasteiger charge is -2.27. The zero-order chi connectivity index (χ0) is 21.5. The fourth-order valence-electron chi connectivity index (χ4n) is 3.68. The summed E-state index contributed by atoms with van der Waals surface area (Å²) in [5, 5.41) is 0. The number of amides is 2. The second-order valence-corrected chi connectivity index (χ2v) is 7.50. The molecular weight excluding hydrogens is 378 g/mol. The van der Waals surface area contributed by atoms with Crippen molar-refractivity contribution in [2.75, 3.05) is 20.2 Å². The smallest absolute Gasteiger partial charge is 0.260 e. The average molecular weight is 408 g/mol. The lowest BCUT2D eigenvalue weighted by Crippen LogP contribution is -2.42. The third kappa shape index (κ3) is 5.12. The molecule has 158 valence electrons. The number of rotatable bonds is 9. The minimum absolute atomic E-state index is 0.0429. The van der Waals surface area contributed by atoms with Crippen molar-refractivity contribution in [2.24, 2.45) is 21.8 Å². The predicted molar refractivity (Wildman–Crippen MR) is 119 cm³/mol. The number of ether oxygens (including phenoxy) is 1. The number of allylic oxidation sites excluding steroid dienone is 3. The first-order valence-electron chi connectivity index (χ1n) is 10.5. The first-order chi connectivity index (χ1) is 14.5. The van der Waals surface area contributed by atoms with Crippen LogP contribution >= 0.6 is 0 Å². The number of hydrogen-bond acceptors (Lipinski definition) is 4. The molecule has 6 nitrogen and oxygen atoms in total. The van der Waals surface area contributed by atoms with E-state index in [-0.39, 0.29) is 24.3 Å². The van der Waals surface area contributed by atoms with E-state index in [4.69, 9.17) is 4.74 Å². The summed E-state index contributed by atoms with van der Waals surface area (Å²) in [5.74, 6) is 0.629. The van der Waals surface area contributed by atoms with E-state index in [1.165, 1.54) is 0 Å². The Morgan fingerprint density at radius 1 is 1.13 bits per heavy atom. The van der Waals surface area contributed by atoms with Crippen molar-refractivity contribution in [1.82, 2.24) is 4.90 Å². The van der Waals surface area contributed by atoms with Crippen molar-refractivity contribution in [3.63, 3.8) is 0 Å². The highest BCUT2D eigenvalue weighted by molar-refractivity contribution is 6.21. The summed E-state index contributed by atoms with van der Waals surface area (Å²) in [5.41, 5.74) is 1.81. The van der Waals surface area contributed by atoms with Crippen molar-refractivity contribution in [3.8, 4) is 5.75 Å². The van der Waals surface area contributed by atoms with Gasteiger partial charge in [-0.15, -0.1) is 0 Å². The number of aliphatic imine (C=N–C) groups is 2. The molecule has 1 unspecified atom stereocenters. The van der Waals surface area contributed by atoms with Gasteiger partial charge in [-0.2, -0.15) is 4.99 Å². The summed E-state index contributed by atoms with van der Waals surface area (Å²) in [7, 11) is 1.64. The van der Waals surface area contributed by atoms with E-state index in [0.717, 1.165) is 24.2 Å². The van der Waals surface area contributed by atoms with Gasteiger partial charge < -0.3 is 9.64 Å². The fraction of sp³-hybridized carbons (Fsp3) is 0.417. The third-order valence-corrected chi connectivity index (χ3v) is 5.57. The standard InChI is InChI=1S/C24H29N3O3/c1-4-18(5-2)24(29)27(15-14-17-10-12-19(30-3)13-11-17)16-22-25-21-9-7-6-8-20(21)23(28)26-22/h6-13,18,20H,4-5,14-16H2,1-3H3. The monoisotopic (exact) mass is 407 g/mol. The Bertz CT molecular complexity index is 893. The molecule has 1 aromatic rings. The molecule has 1 atom stereocenters. The second kappa shape index (κ2) is 10.1. The van der Waals surface area contributed by atoms with E-state index in [2.05, 4.69) is 9.98 Å². The highest BCUT2D eigenvalue weighted by Crippen LogP contribution is 2.19. The second-order valence-electron chi connectivity index (χ2n) is 7.50. The van der Waals surface area contributed by atoms with Gasteiger partial charge in [0.1, 0.15) is 11.7 Å². The van der Waals surface area contributed by atoms with Crippen LogP contribution in [0.2, 0.25) is 0 Å². The predicted octanol–water partition coefficient (Wildman–Crippen LogP) is 3.62. The van der Waals surface area contributed by atoms with Crippen molar-refractivity contribution in [2.45, 2.75) is 33.1 Å². The van der Waals surface area contributed by atoms with E-state index < -0.39 is 5.92 Å². The highest BCUT2D eigenvalue weighted by Gasteiger charge is 2.28. The summed E-state index contributed by atoms with van der Waals surface area (Å²) >= 11 is 0. The first-order valence-corrected chi connectivity index (χ1v) is 10.5. The fourth-order valence-corrected chi connectivity index (χ4v) is 3.68. The molecule has 6 heteroatoms. The Hall–Kier alpha value is -3.02. The first kappa shape index (κ1) is 21.7. The number of benzene rings is 1. The molecule has 0 spiro atoms. The zero-order valence-electron chi connectivity index (χ0n) is 17.9. The molecule has 1 heterocycles. The van der Waals surface area contributed by atoms with Gasteiger partial charge in [-0.05, 0) is 43.0 Å². The molecule has 0 aromatic heterocycles. The Morgan fingerprint density at radius 2 is 1.87 bits per heavy atom. The molecule has 30 heavy (non-hydrogen) atoms. The molecule has 0 fully saturated rings. The van der Waals surface area contributed by atoms with E-state index in [9.17, 15) is 9.59 Å². The van der Waals surface area contributed by atoms with Crippen molar-refractivity contribution in [3.05, 3.63) is 54.1 Å². The summed E-state index contributed by atoms with van der Waals surface area (Å²) in [4.78, 5) is 36.1. The van der Waals surface area contributed by atoms with Gasteiger partial charge in [0.05, 0.1) is 19.4 Å². The molecule has 1 aliphatic heterocycles. The van der Waals surface area contributed by atoms with Gasteiger partial charge in [0, 0.05) is 12.5 Å². The lowest BCUT2D eigenvalue weighted by atomic mass is 9.96. The summed E-state index contributed by atoms with van der Waals surface area (Å²) < 4.78 is 5.21. The van der Waals surface area contributed by atoms with Crippen molar-refractivity contribution >= 4 is 23.4 Å². The summed E-state index contributed by atoms with van der Waals surface area (Å²) in [6.45, 7) is 4.84. The van der Waals surface area contributed by atoms with Crippen molar-refractivity contribution < 1.29 is 14.3 Å². The molecule has 0 radical (unpaired) electrons. The number of fused-ring (bicyclic) bond motifs is 1. The SMILES string of the molecule is CCC(CC)C(=O)N(CCc1ccc(OC)cc1)CC1=NC(=O)C2C=CC=CC2=N1. The van der Waals surface area contributed by atoms with Crippen LogP contribution in [0.25, 0.3) is 0 Å². The van der Waals surface area contributed by atoms with Crippen LogP contribution in [0.15, 0.2) is 58.6 Å². The van der Waals surface area contributed by atoms with Gasteiger partial charge in [-0.25, -0.2) is 4.99 Å². The minimum Gasteiger partial charge on any atom is -0.497 e. The Kier molecular flexibility index (Phi) is 7.33. The molecule has 0 N–H and O–H groups in total. The number of hydrogen-bond donors (Lipinski definition) is 0. The van der Waals surface area contributed by atoms with Crippen molar-refractivity contribution in [1.29, 1.82) is 0 Å². The maximum absolute atomic E-state index is 13.2. The Balaban J connectivity index is 1.76. The van der Waals surface area contributed by atoms with Crippen LogP contribution in [0.1, 0.15) is 32.3 Å². The Labute approximate surface area is 178 Å². The highest BCUT2D eigenvalue weighted by atomic mass is 16.5. The number of carbonyl (C=O) groups is 2. The van der Waals surface area contributed by atoms with Crippen LogP contribution in [0.4, 0.5) is 0 Å². The third-order valence-electron chi connectivity index (χ3n) is 5.57. The topological polar surface area (TPSA) is 71.3 Å². The van der Waals surface area contributed by atoms with Gasteiger partial charge in [0.25, 0.3) is 5.91 Å². The van der Waals surface area contributed by atoms with Crippen LogP contribution in [0.3, 0.4) is 0 Å². The lowest BCUT2D eigenvalue weighted by molar-refractivity contribution is -0.135. The number of nitrogens with zero attached hydrogens (tertiary/aromatic N) is 3. The zero-order valence-corrected chi connectivity index (χ0v) is 17.9. The molecular formula is C24H29N3O3. The summed E-state index contributed by atoms with van der Waals surface area (Å²) in [6.07, 6.45) is 9.61. The van der Waals surface area contributed by atoms with Crippen LogP contribution in [-0.2, 0) is 16.0 Å². The number of carbonyl (C=O) groups excluding carboxylic acids is 2.